The van der Waals surface area contributed by atoms with Crippen molar-refractivity contribution in [2.75, 3.05) is 19.8 Å². The standard InChI is InChI=1S/C16H19NO6/c1-5-13(18)21-9-16(7-3,10-22-14(19)6-2)11-23-15(20)12(4)8-17/h5-6H,1-2,4,7,9-11H2,3H3. The summed E-state index contributed by atoms with van der Waals surface area (Å²) in [6, 6.07) is 1.57. The van der Waals surface area contributed by atoms with E-state index in [1.54, 1.807) is 13.0 Å². The molecule has 0 aromatic carbocycles. The molecular weight excluding hydrogens is 302 g/mol. The average Bonchev–Trinajstić information content (AvgIpc) is 2.59. The second kappa shape index (κ2) is 9.95. The minimum Gasteiger partial charge on any atom is -0.462 e. The molecule has 0 radical (unpaired) electrons. The number of ether oxygens (including phenoxy) is 3. The summed E-state index contributed by atoms with van der Waals surface area (Å²) in [5.41, 5.74) is -1.32. The van der Waals surface area contributed by atoms with E-state index in [1.807, 2.05) is 0 Å². The topological polar surface area (TPSA) is 103 Å². The van der Waals surface area contributed by atoms with Gasteiger partial charge in [0.05, 0.1) is 5.41 Å². The van der Waals surface area contributed by atoms with Gasteiger partial charge in [-0.1, -0.05) is 26.7 Å². The maximum absolute atomic E-state index is 11.5. The Bertz CT molecular complexity index is 519. The van der Waals surface area contributed by atoms with Crippen LogP contribution in [0.2, 0.25) is 0 Å². The van der Waals surface area contributed by atoms with E-state index >= 15 is 0 Å². The third-order valence-corrected chi connectivity index (χ3v) is 3.02. The molecule has 0 heterocycles. The molecule has 0 rings (SSSR count). The van der Waals surface area contributed by atoms with Gasteiger partial charge in [-0.15, -0.1) is 0 Å². The number of nitriles is 1. The highest BCUT2D eigenvalue weighted by Crippen LogP contribution is 2.24. The van der Waals surface area contributed by atoms with Crippen molar-refractivity contribution >= 4 is 17.9 Å². The van der Waals surface area contributed by atoms with E-state index in [0.29, 0.717) is 6.42 Å². The lowest BCUT2D eigenvalue weighted by Crippen LogP contribution is -2.39. The zero-order valence-corrected chi connectivity index (χ0v) is 13.0. The van der Waals surface area contributed by atoms with Crippen molar-refractivity contribution in [2.24, 2.45) is 5.41 Å². The van der Waals surface area contributed by atoms with Crippen LogP contribution in [0.25, 0.3) is 0 Å². The smallest absolute Gasteiger partial charge is 0.348 e. The van der Waals surface area contributed by atoms with Crippen LogP contribution in [0.15, 0.2) is 37.5 Å². The first-order valence-electron chi connectivity index (χ1n) is 6.68. The number of carbonyl (C=O) groups excluding carboxylic acids is 3. The SMILES string of the molecule is C=CC(=O)OCC(CC)(COC(=O)C=C)COC(=O)C(=C)C#N. The normalized spacial score (nSPS) is 9.91. The monoisotopic (exact) mass is 321 g/mol. The Morgan fingerprint density at radius 3 is 1.83 bits per heavy atom. The number of hydrogen-bond acceptors (Lipinski definition) is 7. The molecule has 0 fully saturated rings. The molecule has 7 heteroatoms. The molecule has 0 saturated heterocycles. The summed E-state index contributed by atoms with van der Waals surface area (Å²) < 4.78 is 14.9. The van der Waals surface area contributed by atoms with Gasteiger partial charge >= 0.3 is 17.9 Å². The van der Waals surface area contributed by atoms with Gasteiger partial charge in [-0.05, 0) is 6.42 Å². The first kappa shape index (κ1) is 20.1. The molecule has 0 aromatic rings. The fourth-order valence-electron chi connectivity index (χ4n) is 1.35. The van der Waals surface area contributed by atoms with E-state index in [1.165, 1.54) is 0 Å². The molecule has 0 spiro atoms. The van der Waals surface area contributed by atoms with Crippen molar-refractivity contribution in [3.05, 3.63) is 37.5 Å². The first-order valence-corrected chi connectivity index (χ1v) is 6.68. The zero-order chi connectivity index (χ0) is 17.9. The van der Waals surface area contributed by atoms with Crippen molar-refractivity contribution in [2.45, 2.75) is 13.3 Å². The van der Waals surface area contributed by atoms with Gasteiger partial charge in [-0.2, -0.15) is 5.26 Å². The Morgan fingerprint density at radius 1 is 1.04 bits per heavy atom. The van der Waals surface area contributed by atoms with Gasteiger partial charge in [-0.25, -0.2) is 14.4 Å². The van der Waals surface area contributed by atoms with Crippen LogP contribution in [-0.4, -0.2) is 37.7 Å². The van der Waals surface area contributed by atoms with Crippen LogP contribution >= 0.6 is 0 Å². The molecule has 0 N–H and O–H groups in total. The fourth-order valence-corrected chi connectivity index (χ4v) is 1.35. The fraction of sp³-hybridized carbons (Fsp3) is 0.375. The maximum atomic E-state index is 11.5. The predicted octanol–water partition coefficient (Wildman–Crippen LogP) is 1.46. The van der Waals surface area contributed by atoms with Crippen LogP contribution in [-0.2, 0) is 28.6 Å². The predicted molar refractivity (Wildman–Crippen MR) is 80.7 cm³/mol. The average molecular weight is 321 g/mol. The van der Waals surface area contributed by atoms with Gasteiger partial charge < -0.3 is 14.2 Å². The quantitative estimate of drug-likeness (QED) is 0.260. The minimum atomic E-state index is -0.956. The Labute approximate surface area is 134 Å². The van der Waals surface area contributed by atoms with Crippen LogP contribution in [0, 0.1) is 16.7 Å². The van der Waals surface area contributed by atoms with Crippen LogP contribution in [0.3, 0.4) is 0 Å². The van der Waals surface area contributed by atoms with E-state index in [9.17, 15) is 14.4 Å². The first-order chi connectivity index (χ1) is 10.8. The minimum absolute atomic E-state index is 0.162. The molecule has 7 nitrogen and oxygen atoms in total. The van der Waals surface area contributed by atoms with E-state index in [-0.39, 0.29) is 25.4 Å². The number of esters is 3. The summed E-state index contributed by atoms with van der Waals surface area (Å²) in [6.45, 7) is 11.0. The van der Waals surface area contributed by atoms with E-state index in [2.05, 4.69) is 19.7 Å². The molecule has 0 saturated carbocycles. The number of nitrogens with zero attached hydrogens (tertiary/aromatic N) is 1. The molecule has 0 unspecified atom stereocenters. The van der Waals surface area contributed by atoms with Crippen molar-refractivity contribution in [3.8, 4) is 6.07 Å². The highest BCUT2D eigenvalue weighted by Gasteiger charge is 2.34. The summed E-state index contributed by atoms with van der Waals surface area (Å²) in [7, 11) is 0. The third-order valence-electron chi connectivity index (χ3n) is 3.02. The van der Waals surface area contributed by atoms with Crippen molar-refractivity contribution in [1.29, 1.82) is 5.26 Å². The van der Waals surface area contributed by atoms with Crippen molar-refractivity contribution < 1.29 is 28.6 Å². The van der Waals surface area contributed by atoms with E-state index in [4.69, 9.17) is 19.5 Å². The third kappa shape index (κ3) is 7.09. The van der Waals surface area contributed by atoms with E-state index < -0.39 is 23.3 Å². The van der Waals surface area contributed by atoms with Crippen LogP contribution in [0.5, 0.6) is 0 Å². The lowest BCUT2D eigenvalue weighted by Gasteiger charge is -2.30. The van der Waals surface area contributed by atoms with Crippen LogP contribution in [0.4, 0.5) is 0 Å². The van der Waals surface area contributed by atoms with Gasteiger partial charge in [0.25, 0.3) is 0 Å². The summed E-state index contributed by atoms with van der Waals surface area (Å²) in [5, 5.41) is 8.60. The summed E-state index contributed by atoms with van der Waals surface area (Å²) in [6.07, 6.45) is 2.34. The Hall–Kier alpha value is -2.88. The van der Waals surface area contributed by atoms with Gasteiger partial charge in [0, 0.05) is 12.2 Å². The van der Waals surface area contributed by atoms with Gasteiger partial charge in [0.15, 0.2) is 0 Å². The van der Waals surface area contributed by atoms with Gasteiger partial charge in [0.1, 0.15) is 31.5 Å². The lowest BCUT2D eigenvalue weighted by molar-refractivity contribution is -0.156. The molecule has 0 aliphatic rings. The lowest BCUT2D eigenvalue weighted by atomic mass is 9.88. The molecule has 124 valence electrons. The largest absolute Gasteiger partial charge is 0.462 e. The Balaban J connectivity index is 5.02. The van der Waals surface area contributed by atoms with Crippen LogP contribution in [0.1, 0.15) is 13.3 Å². The number of hydrogen-bond donors (Lipinski definition) is 0. The van der Waals surface area contributed by atoms with Crippen molar-refractivity contribution in [1.82, 2.24) is 0 Å². The van der Waals surface area contributed by atoms with E-state index in [0.717, 1.165) is 12.2 Å². The Morgan fingerprint density at radius 2 is 1.48 bits per heavy atom. The summed E-state index contributed by atoms with van der Waals surface area (Å²) in [5.74, 6) is -2.22. The summed E-state index contributed by atoms with van der Waals surface area (Å²) in [4.78, 5) is 34.0. The summed E-state index contributed by atoms with van der Waals surface area (Å²) >= 11 is 0. The van der Waals surface area contributed by atoms with Gasteiger partial charge in [0.2, 0.25) is 0 Å². The van der Waals surface area contributed by atoms with Gasteiger partial charge in [-0.3, -0.25) is 0 Å². The molecule has 0 aliphatic heterocycles. The molecule has 0 atom stereocenters. The molecule has 0 aliphatic carbocycles. The second-order valence-electron chi connectivity index (χ2n) is 4.64. The molecule has 0 aromatic heterocycles. The molecule has 0 bridgehead atoms. The molecule has 23 heavy (non-hydrogen) atoms. The number of rotatable bonds is 10. The molecule has 0 amide bonds. The van der Waals surface area contributed by atoms with Crippen LogP contribution < -0.4 is 0 Å². The Kier molecular flexibility index (Phi) is 8.70. The number of carbonyl (C=O) groups is 3. The highest BCUT2D eigenvalue weighted by atomic mass is 16.6. The highest BCUT2D eigenvalue weighted by molar-refractivity contribution is 5.91. The second-order valence-corrected chi connectivity index (χ2v) is 4.64. The van der Waals surface area contributed by atoms with Crippen molar-refractivity contribution in [3.63, 3.8) is 0 Å². The zero-order valence-electron chi connectivity index (χ0n) is 13.0. The molecular formula is C16H19NO6. The maximum Gasteiger partial charge on any atom is 0.348 e.